The van der Waals surface area contributed by atoms with Crippen molar-refractivity contribution in [1.29, 1.82) is 0 Å². The molecule has 0 N–H and O–H groups in total. The van der Waals surface area contributed by atoms with Crippen molar-refractivity contribution in [3.05, 3.63) is 23.8 Å². The van der Waals surface area contributed by atoms with Crippen LogP contribution in [0.1, 0.15) is 53.9 Å². The summed E-state index contributed by atoms with van der Waals surface area (Å²) >= 11 is 0. The summed E-state index contributed by atoms with van der Waals surface area (Å²) in [6.07, 6.45) is 10.3. The molecular weight excluding hydrogens is 168 g/mol. The number of hydrogen-bond donors (Lipinski definition) is 0. The van der Waals surface area contributed by atoms with E-state index in [1.165, 1.54) is 12.8 Å². The monoisotopic (exact) mass is 194 g/mol. The second-order valence-corrected chi connectivity index (χ2v) is 4.45. The van der Waals surface area contributed by atoms with Crippen LogP contribution in [-0.2, 0) is 0 Å². The second-order valence-electron chi connectivity index (χ2n) is 4.45. The van der Waals surface area contributed by atoms with Crippen molar-refractivity contribution in [1.82, 2.24) is 0 Å². The Morgan fingerprint density at radius 2 is 1.86 bits per heavy atom. The predicted octanol–water partition coefficient (Wildman–Crippen LogP) is 4.97. The van der Waals surface area contributed by atoms with Gasteiger partial charge >= 0.3 is 0 Å². The lowest BCUT2D eigenvalue weighted by molar-refractivity contribution is 0.413. The Morgan fingerprint density at radius 1 is 1.21 bits per heavy atom. The van der Waals surface area contributed by atoms with Crippen LogP contribution >= 0.6 is 0 Å². The molecule has 0 heteroatoms. The Labute approximate surface area is 90.1 Å². The molecule has 0 aromatic carbocycles. The smallest absolute Gasteiger partial charge is 0.0167 e. The Bertz CT molecular complexity index is 184. The lowest BCUT2D eigenvalue weighted by Crippen LogP contribution is -2.04. The van der Waals surface area contributed by atoms with E-state index < -0.39 is 0 Å². The standard InChI is InChI=1S/C14H26/c1-6-8-9-10-14(7-2)11-13(5)12(3)4/h6,8,10,12-13H,7,9,11H2,1-5H3. The highest BCUT2D eigenvalue weighted by atomic mass is 14.1. The number of hydrogen-bond acceptors (Lipinski definition) is 0. The van der Waals surface area contributed by atoms with Gasteiger partial charge < -0.3 is 0 Å². The van der Waals surface area contributed by atoms with Crippen molar-refractivity contribution in [3.63, 3.8) is 0 Å². The number of rotatable bonds is 6. The zero-order valence-corrected chi connectivity index (χ0v) is 10.5. The van der Waals surface area contributed by atoms with E-state index in [2.05, 4.69) is 52.8 Å². The maximum Gasteiger partial charge on any atom is -0.0167 e. The minimum Gasteiger partial charge on any atom is -0.0914 e. The largest absolute Gasteiger partial charge is 0.0914 e. The Balaban J connectivity index is 4.07. The fourth-order valence-corrected chi connectivity index (χ4v) is 1.39. The molecule has 0 bridgehead atoms. The van der Waals surface area contributed by atoms with Crippen molar-refractivity contribution < 1.29 is 0 Å². The summed E-state index contributed by atoms with van der Waals surface area (Å²) in [6, 6.07) is 0. The van der Waals surface area contributed by atoms with Gasteiger partial charge in [-0.3, -0.25) is 0 Å². The zero-order chi connectivity index (χ0) is 11.0. The molecule has 0 heterocycles. The summed E-state index contributed by atoms with van der Waals surface area (Å²) in [6.45, 7) is 11.3. The van der Waals surface area contributed by atoms with Crippen LogP contribution in [-0.4, -0.2) is 0 Å². The number of allylic oxidation sites excluding steroid dienone is 4. The Kier molecular flexibility index (Phi) is 7.55. The fraction of sp³-hybridized carbons (Fsp3) is 0.714. The molecule has 0 amide bonds. The van der Waals surface area contributed by atoms with Crippen molar-refractivity contribution in [2.45, 2.75) is 53.9 Å². The highest BCUT2D eigenvalue weighted by Crippen LogP contribution is 2.21. The third-order valence-corrected chi connectivity index (χ3v) is 2.95. The molecule has 0 aliphatic rings. The third kappa shape index (κ3) is 6.01. The molecule has 0 nitrogen and oxygen atoms in total. The van der Waals surface area contributed by atoms with Crippen LogP contribution in [0.25, 0.3) is 0 Å². The van der Waals surface area contributed by atoms with Gasteiger partial charge in [-0.25, -0.2) is 0 Å². The molecule has 0 aromatic rings. The topological polar surface area (TPSA) is 0 Å². The van der Waals surface area contributed by atoms with E-state index in [1.807, 2.05) is 0 Å². The first kappa shape index (κ1) is 13.5. The van der Waals surface area contributed by atoms with Gasteiger partial charge in [-0.15, -0.1) is 0 Å². The molecule has 0 spiro atoms. The van der Waals surface area contributed by atoms with Crippen LogP contribution in [0.3, 0.4) is 0 Å². The third-order valence-electron chi connectivity index (χ3n) is 2.95. The van der Waals surface area contributed by atoms with Gasteiger partial charge in [0.05, 0.1) is 0 Å². The second kappa shape index (κ2) is 7.84. The van der Waals surface area contributed by atoms with E-state index in [0.29, 0.717) is 0 Å². The van der Waals surface area contributed by atoms with Crippen LogP contribution in [0.2, 0.25) is 0 Å². The van der Waals surface area contributed by atoms with Gasteiger partial charge in [0.15, 0.2) is 0 Å². The molecule has 82 valence electrons. The first-order valence-electron chi connectivity index (χ1n) is 5.90. The molecule has 0 rings (SSSR count). The van der Waals surface area contributed by atoms with Gasteiger partial charge in [-0.05, 0) is 38.0 Å². The molecule has 0 aromatic heterocycles. The van der Waals surface area contributed by atoms with Crippen LogP contribution < -0.4 is 0 Å². The summed E-state index contributed by atoms with van der Waals surface area (Å²) in [5.74, 6) is 1.61. The van der Waals surface area contributed by atoms with Gasteiger partial charge in [-0.2, -0.15) is 0 Å². The van der Waals surface area contributed by atoms with Gasteiger partial charge in [0.2, 0.25) is 0 Å². The predicted molar refractivity (Wildman–Crippen MR) is 66.4 cm³/mol. The molecule has 0 saturated heterocycles. The molecule has 0 saturated carbocycles. The SMILES string of the molecule is CC=CCC=C(CC)CC(C)C(C)C. The molecule has 14 heavy (non-hydrogen) atoms. The lowest BCUT2D eigenvalue weighted by Gasteiger charge is -2.16. The molecular formula is C14H26. The Morgan fingerprint density at radius 3 is 2.29 bits per heavy atom. The molecule has 1 unspecified atom stereocenters. The minimum atomic E-state index is 0.798. The highest BCUT2D eigenvalue weighted by Gasteiger charge is 2.08. The summed E-state index contributed by atoms with van der Waals surface area (Å²) in [5, 5.41) is 0. The lowest BCUT2D eigenvalue weighted by atomic mass is 9.90. The van der Waals surface area contributed by atoms with E-state index in [4.69, 9.17) is 0 Å². The molecule has 0 aliphatic carbocycles. The molecule has 0 aliphatic heterocycles. The maximum atomic E-state index is 2.39. The van der Waals surface area contributed by atoms with Crippen molar-refractivity contribution >= 4 is 0 Å². The van der Waals surface area contributed by atoms with E-state index in [0.717, 1.165) is 18.3 Å². The minimum absolute atomic E-state index is 0.798. The van der Waals surface area contributed by atoms with Crippen LogP contribution in [0.5, 0.6) is 0 Å². The van der Waals surface area contributed by atoms with Crippen molar-refractivity contribution in [2.75, 3.05) is 0 Å². The fourth-order valence-electron chi connectivity index (χ4n) is 1.39. The van der Waals surface area contributed by atoms with E-state index in [1.54, 1.807) is 5.57 Å². The van der Waals surface area contributed by atoms with E-state index >= 15 is 0 Å². The average Bonchev–Trinajstić information content (AvgIpc) is 2.16. The van der Waals surface area contributed by atoms with Crippen LogP contribution in [0, 0.1) is 11.8 Å². The van der Waals surface area contributed by atoms with Gasteiger partial charge in [0.1, 0.15) is 0 Å². The van der Waals surface area contributed by atoms with E-state index in [9.17, 15) is 0 Å². The van der Waals surface area contributed by atoms with Crippen LogP contribution in [0.4, 0.5) is 0 Å². The molecule has 1 atom stereocenters. The normalized spacial score (nSPS) is 15.4. The van der Waals surface area contributed by atoms with Gasteiger partial charge in [-0.1, -0.05) is 51.5 Å². The first-order valence-corrected chi connectivity index (χ1v) is 5.90. The first-order chi connectivity index (χ1) is 6.61. The summed E-state index contributed by atoms with van der Waals surface area (Å²) < 4.78 is 0. The quantitative estimate of drug-likeness (QED) is 0.524. The summed E-state index contributed by atoms with van der Waals surface area (Å²) in [7, 11) is 0. The average molecular weight is 194 g/mol. The van der Waals surface area contributed by atoms with Crippen molar-refractivity contribution in [2.24, 2.45) is 11.8 Å². The van der Waals surface area contributed by atoms with E-state index in [-0.39, 0.29) is 0 Å². The Hall–Kier alpha value is -0.520. The maximum absolute atomic E-state index is 2.39. The zero-order valence-electron chi connectivity index (χ0n) is 10.5. The van der Waals surface area contributed by atoms with Crippen LogP contribution in [0.15, 0.2) is 23.8 Å². The van der Waals surface area contributed by atoms with Gasteiger partial charge in [0.25, 0.3) is 0 Å². The van der Waals surface area contributed by atoms with Crippen molar-refractivity contribution in [3.8, 4) is 0 Å². The summed E-state index contributed by atoms with van der Waals surface area (Å²) in [5.41, 5.74) is 1.62. The summed E-state index contributed by atoms with van der Waals surface area (Å²) in [4.78, 5) is 0. The highest BCUT2D eigenvalue weighted by molar-refractivity contribution is 5.05. The van der Waals surface area contributed by atoms with Gasteiger partial charge in [0, 0.05) is 0 Å². The molecule has 0 radical (unpaired) electrons. The molecule has 0 fully saturated rings.